The molecule has 1 aliphatic rings. The Bertz CT molecular complexity index is 1080. The molecule has 0 saturated heterocycles. The summed E-state index contributed by atoms with van der Waals surface area (Å²) in [6, 6.07) is 5.75. The van der Waals surface area contributed by atoms with Gasteiger partial charge in [-0.1, -0.05) is 37.8 Å². The first-order valence-corrected chi connectivity index (χ1v) is 12.7. The molecule has 0 aromatic heterocycles. The van der Waals surface area contributed by atoms with Crippen LogP contribution in [-0.2, 0) is 19.1 Å². The van der Waals surface area contributed by atoms with Crippen molar-refractivity contribution in [1.82, 2.24) is 5.32 Å². The predicted molar refractivity (Wildman–Crippen MR) is 135 cm³/mol. The normalized spacial score (nSPS) is 15.9. The third kappa shape index (κ3) is 9.18. The van der Waals surface area contributed by atoms with Crippen molar-refractivity contribution in [3.05, 3.63) is 62.5 Å². The van der Waals surface area contributed by atoms with Crippen LogP contribution in [0.15, 0.2) is 46.8 Å². The Morgan fingerprint density at radius 2 is 1.58 bits per heavy atom. The number of dihydropyridines is 1. The van der Waals surface area contributed by atoms with Gasteiger partial charge in [0, 0.05) is 29.9 Å². The molecule has 0 fully saturated rings. The third-order valence-corrected chi connectivity index (χ3v) is 6.05. The van der Waals surface area contributed by atoms with E-state index in [-0.39, 0.29) is 29.9 Å². The fourth-order valence-corrected chi connectivity index (χ4v) is 4.34. The van der Waals surface area contributed by atoms with Gasteiger partial charge in [-0.05, 0) is 46.1 Å². The lowest BCUT2D eigenvalue weighted by molar-refractivity contribution is -0.384. The summed E-state index contributed by atoms with van der Waals surface area (Å²) >= 11 is 0. The Balaban J connectivity index is 2.14. The standard InChI is InChI=1S/C27H35F3N2O6/c1-17(2)38-26(34)23-19(4)31-18(3)22(24(23)20-12-11-13-21(16-20)32(35)36)25(33)37-15-10-8-6-5-7-9-14-27(28,29)30/h11-13,16-17,24,31H,5-10,14-15H2,1-4H3. The van der Waals surface area contributed by atoms with Gasteiger partial charge in [-0.2, -0.15) is 13.2 Å². The number of non-ortho nitro benzene ring substituents is 1. The van der Waals surface area contributed by atoms with Gasteiger partial charge in [0.2, 0.25) is 0 Å². The third-order valence-electron chi connectivity index (χ3n) is 6.05. The summed E-state index contributed by atoms with van der Waals surface area (Å²) in [4.78, 5) is 37.2. The minimum absolute atomic E-state index is 0.0916. The number of nitrogens with zero attached hydrogens (tertiary/aromatic N) is 1. The van der Waals surface area contributed by atoms with E-state index < -0.39 is 41.5 Å². The monoisotopic (exact) mass is 540 g/mol. The number of rotatable bonds is 13. The highest BCUT2D eigenvalue weighted by Gasteiger charge is 2.38. The van der Waals surface area contributed by atoms with Crippen molar-refractivity contribution >= 4 is 17.6 Å². The lowest BCUT2D eigenvalue weighted by Gasteiger charge is -2.30. The predicted octanol–water partition coefficient (Wildman–Crippen LogP) is 6.62. The Hall–Kier alpha value is -3.37. The number of carbonyl (C=O) groups is 2. The molecule has 0 bridgehead atoms. The number of carbonyl (C=O) groups excluding carboxylic acids is 2. The fourth-order valence-electron chi connectivity index (χ4n) is 4.34. The van der Waals surface area contributed by atoms with Crippen molar-refractivity contribution in [2.75, 3.05) is 6.61 Å². The van der Waals surface area contributed by atoms with Crippen LogP contribution in [0.25, 0.3) is 0 Å². The number of allylic oxidation sites excluding steroid dienone is 2. The number of unbranched alkanes of at least 4 members (excludes halogenated alkanes) is 5. The number of alkyl halides is 3. The van der Waals surface area contributed by atoms with Gasteiger partial charge in [0.05, 0.1) is 34.7 Å². The Labute approximate surface area is 220 Å². The van der Waals surface area contributed by atoms with E-state index >= 15 is 0 Å². The molecule has 11 heteroatoms. The van der Waals surface area contributed by atoms with Crippen molar-refractivity contribution < 1.29 is 37.2 Å². The molecule has 0 amide bonds. The summed E-state index contributed by atoms with van der Waals surface area (Å²) in [6.07, 6.45) is -2.13. The molecule has 0 aliphatic carbocycles. The van der Waals surface area contributed by atoms with Crippen LogP contribution in [0.3, 0.4) is 0 Å². The second-order valence-corrected chi connectivity index (χ2v) is 9.56. The Morgan fingerprint density at radius 1 is 1.00 bits per heavy atom. The highest BCUT2D eigenvalue weighted by atomic mass is 19.4. The number of hydrogen-bond donors (Lipinski definition) is 1. The Morgan fingerprint density at radius 3 is 2.16 bits per heavy atom. The summed E-state index contributed by atoms with van der Waals surface area (Å²) in [7, 11) is 0. The number of hydrogen-bond acceptors (Lipinski definition) is 7. The van der Waals surface area contributed by atoms with Crippen molar-refractivity contribution in [3.8, 4) is 0 Å². The van der Waals surface area contributed by atoms with E-state index in [9.17, 15) is 32.9 Å². The lowest BCUT2D eigenvalue weighted by Crippen LogP contribution is -2.33. The van der Waals surface area contributed by atoms with Crippen LogP contribution in [0, 0.1) is 10.1 Å². The molecule has 1 atom stereocenters. The summed E-state index contributed by atoms with van der Waals surface area (Å²) in [6.45, 7) is 6.81. The van der Waals surface area contributed by atoms with E-state index in [1.54, 1.807) is 33.8 Å². The van der Waals surface area contributed by atoms with Gasteiger partial charge in [0.1, 0.15) is 0 Å². The van der Waals surface area contributed by atoms with Crippen LogP contribution in [0.5, 0.6) is 0 Å². The lowest BCUT2D eigenvalue weighted by atomic mass is 9.80. The van der Waals surface area contributed by atoms with E-state index in [0.29, 0.717) is 42.6 Å². The SMILES string of the molecule is CC1=C(C(=O)OCCCCCCCCC(F)(F)F)C(c2cccc([N+](=O)[O-])c2)C(C(=O)OC(C)C)=C(C)N1. The zero-order valence-electron chi connectivity index (χ0n) is 22.2. The zero-order chi connectivity index (χ0) is 28.5. The summed E-state index contributed by atoms with van der Waals surface area (Å²) in [5, 5.41) is 14.4. The molecule has 8 nitrogen and oxygen atoms in total. The molecular weight excluding hydrogens is 505 g/mol. The van der Waals surface area contributed by atoms with E-state index in [4.69, 9.17) is 9.47 Å². The Kier molecular flexibility index (Phi) is 11.3. The van der Waals surface area contributed by atoms with E-state index in [1.165, 1.54) is 18.2 Å². The molecular formula is C27H35F3N2O6. The molecule has 0 radical (unpaired) electrons. The number of benzene rings is 1. The average molecular weight is 541 g/mol. The molecule has 2 rings (SSSR count). The molecule has 38 heavy (non-hydrogen) atoms. The van der Waals surface area contributed by atoms with E-state index in [0.717, 1.165) is 6.42 Å². The largest absolute Gasteiger partial charge is 0.462 e. The maximum Gasteiger partial charge on any atom is 0.389 e. The highest BCUT2D eigenvalue weighted by Crippen LogP contribution is 2.40. The van der Waals surface area contributed by atoms with Crippen molar-refractivity contribution in [2.45, 2.75) is 90.8 Å². The number of nitro benzene ring substituents is 1. The average Bonchev–Trinajstić information content (AvgIpc) is 2.81. The van der Waals surface area contributed by atoms with Crippen LogP contribution in [-0.4, -0.2) is 35.7 Å². The smallest absolute Gasteiger partial charge is 0.389 e. The van der Waals surface area contributed by atoms with E-state index in [2.05, 4.69) is 5.32 Å². The zero-order valence-corrected chi connectivity index (χ0v) is 22.2. The molecule has 1 aromatic carbocycles. The first kappa shape index (κ1) is 30.9. The molecule has 0 spiro atoms. The second kappa shape index (κ2) is 14.0. The number of nitro groups is 1. The van der Waals surface area contributed by atoms with Gasteiger partial charge in [-0.15, -0.1) is 0 Å². The van der Waals surface area contributed by atoms with Gasteiger partial charge >= 0.3 is 18.1 Å². The molecule has 1 N–H and O–H groups in total. The van der Waals surface area contributed by atoms with Crippen molar-refractivity contribution in [1.29, 1.82) is 0 Å². The molecule has 1 aromatic rings. The minimum Gasteiger partial charge on any atom is -0.462 e. The highest BCUT2D eigenvalue weighted by molar-refractivity contribution is 6.00. The molecule has 210 valence electrons. The van der Waals surface area contributed by atoms with Crippen LogP contribution in [0.2, 0.25) is 0 Å². The summed E-state index contributed by atoms with van der Waals surface area (Å²) in [5.74, 6) is -2.26. The van der Waals surface area contributed by atoms with Crippen LogP contribution in [0.4, 0.5) is 18.9 Å². The minimum atomic E-state index is -4.13. The van der Waals surface area contributed by atoms with Gasteiger partial charge in [-0.25, -0.2) is 9.59 Å². The number of halogens is 3. The first-order valence-electron chi connectivity index (χ1n) is 12.7. The molecule has 1 aliphatic heterocycles. The van der Waals surface area contributed by atoms with Gasteiger partial charge in [0.25, 0.3) is 5.69 Å². The maximum absolute atomic E-state index is 13.2. The van der Waals surface area contributed by atoms with Gasteiger partial charge in [0.15, 0.2) is 0 Å². The van der Waals surface area contributed by atoms with Crippen molar-refractivity contribution in [2.24, 2.45) is 0 Å². The van der Waals surface area contributed by atoms with Crippen LogP contribution < -0.4 is 5.32 Å². The maximum atomic E-state index is 13.2. The summed E-state index contributed by atoms with van der Waals surface area (Å²) < 4.78 is 47.5. The van der Waals surface area contributed by atoms with Crippen LogP contribution in [0.1, 0.15) is 84.1 Å². The number of esters is 2. The quantitative estimate of drug-likeness (QED) is 0.130. The second-order valence-electron chi connectivity index (χ2n) is 9.56. The topological polar surface area (TPSA) is 108 Å². The molecule has 1 unspecified atom stereocenters. The fraction of sp³-hybridized carbons (Fsp3) is 0.556. The number of nitrogens with one attached hydrogen (secondary N) is 1. The van der Waals surface area contributed by atoms with Crippen molar-refractivity contribution in [3.63, 3.8) is 0 Å². The summed E-state index contributed by atoms with van der Waals surface area (Å²) in [5.41, 5.74) is 1.42. The first-order chi connectivity index (χ1) is 17.8. The van der Waals surface area contributed by atoms with Gasteiger partial charge in [-0.3, -0.25) is 10.1 Å². The molecule has 1 heterocycles. The molecule has 0 saturated carbocycles. The van der Waals surface area contributed by atoms with Crippen LogP contribution >= 0.6 is 0 Å². The van der Waals surface area contributed by atoms with E-state index in [1.807, 2.05) is 0 Å². The van der Waals surface area contributed by atoms with Gasteiger partial charge < -0.3 is 14.8 Å². The number of ether oxygens (including phenoxy) is 2.